The third-order valence-corrected chi connectivity index (χ3v) is 4.01. The molecule has 0 bridgehead atoms. The zero-order chi connectivity index (χ0) is 15.1. The molecule has 1 N–H and O–H groups in total. The summed E-state index contributed by atoms with van der Waals surface area (Å²) in [6, 6.07) is 19.3. The molecule has 0 aliphatic heterocycles. The molecule has 2 nitrogen and oxygen atoms in total. The van der Waals surface area contributed by atoms with Crippen LogP contribution in [-0.4, -0.2) is 13.7 Å². The van der Waals surface area contributed by atoms with Crippen LogP contribution in [0.5, 0.6) is 5.75 Å². The summed E-state index contributed by atoms with van der Waals surface area (Å²) in [7, 11) is 1.70. The number of rotatable bonds is 7. The van der Waals surface area contributed by atoms with Gasteiger partial charge in [0.2, 0.25) is 0 Å². The van der Waals surface area contributed by atoms with Crippen LogP contribution in [-0.2, 0) is 0 Å². The van der Waals surface area contributed by atoms with Gasteiger partial charge in [-0.2, -0.15) is 0 Å². The summed E-state index contributed by atoms with van der Waals surface area (Å²) in [5, 5.41) is 3.60. The van der Waals surface area contributed by atoms with Crippen molar-refractivity contribution in [1.82, 2.24) is 5.32 Å². The molecule has 2 rings (SSSR count). The van der Waals surface area contributed by atoms with Gasteiger partial charge in [-0.3, -0.25) is 0 Å². The predicted molar refractivity (Wildman–Crippen MR) is 88.9 cm³/mol. The highest BCUT2D eigenvalue weighted by Gasteiger charge is 2.07. The van der Waals surface area contributed by atoms with Gasteiger partial charge in [0, 0.05) is 6.04 Å². The largest absolute Gasteiger partial charge is 0.497 e. The van der Waals surface area contributed by atoms with Gasteiger partial charge in [-0.1, -0.05) is 49.4 Å². The second-order valence-electron chi connectivity index (χ2n) is 5.55. The first kappa shape index (κ1) is 15.6. The Morgan fingerprint density at radius 3 is 2.19 bits per heavy atom. The highest BCUT2D eigenvalue weighted by atomic mass is 16.5. The van der Waals surface area contributed by atoms with E-state index in [4.69, 9.17) is 4.74 Å². The van der Waals surface area contributed by atoms with Crippen molar-refractivity contribution in [2.24, 2.45) is 0 Å². The zero-order valence-corrected chi connectivity index (χ0v) is 13.2. The Morgan fingerprint density at radius 1 is 0.905 bits per heavy atom. The van der Waals surface area contributed by atoms with Crippen LogP contribution in [0.1, 0.15) is 43.4 Å². The van der Waals surface area contributed by atoms with E-state index in [-0.39, 0.29) is 0 Å². The molecule has 2 aromatic carbocycles. The Morgan fingerprint density at radius 2 is 1.57 bits per heavy atom. The third-order valence-electron chi connectivity index (χ3n) is 4.01. The normalized spacial score (nSPS) is 13.7. The fourth-order valence-corrected chi connectivity index (χ4v) is 2.48. The summed E-state index contributed by atoms with van der Waals surface area (Å²) >= 11 is 0. The Bertz CT molecular complexity index is 521. The number of benzene rings is 2. The minimum Gasteiger partial charge on any atom is -0.497 e. The summed E-state index contributed by atoms with van der Waals surface area (Å²) < 4.78 is 5.19. The maximum absolute atomic E-state index is 5.19. The van der Waals surface area contributed by atoms with Crippen molar-refractivity contribution in [3.05, 3.63) is 65.7 Å². The van der Waals surface area contributed by atoms with Gasteiger partial charge in [0.05, 0.1) is 7.11 Å². The fourth-order valence-electron chi connectivity index (χ4n) is 2.48. The lowest BCUT2D eigenvalue weighted by Gasteiger charge is -2.17. The first-order chi connectivity index (χ1) is 10.2. The van der Waals surface area contributed by atoms with E-state index in [1.54, 1.807) is 7.11 Å². The van der Waals surface area contributed by atoms with Crippen molar-refractivity contribution < 1.29 is 4.74 Å². The molecule has 0 saturated heterocycles. The Labute approximate surface area is 128 Å². The summed E-state index contributed by atoms with van der Waals surface area (Å²) in [6.07, 6.45) is 1.14. The Hall–Kier alpha value is -1.80. The zero-order valence-electron chi connectivity index (χ0n) is 13.2. The van der Waals surface area contributed by atoms with E-state index in [0.717, 1.165) is 18.7 Å². The van der Waals surface area contributed by atoms with Crippen LogP contribution < -0.4 is 10.1 Å². The van der Waals surface area contributed by atoms with E-state index < -0.39 is 0 Å². The van der Waals surface area contributed by atoms with E-state index in [0.29, 0.717) is 12.0 Å². The van der Waals surface area contributed by atoms with Crippen molar-refractivity contribution in [3.8, 4) is 5.75 Å². The molecule has 0 heterocycles. The second-order valence-corrected chi connectivity index (χ2v) is 5.55. The van der Waals surface area contributed by atoms with E-state index >= 15 is 0 Å². The van der Waals surface area contributed by atoms with Crippen LogP contribution in [0.25, 0.3) is 0 Å². The topological polar surface area (TPSA) is 21.3 Å². The number of ether oxygens (including phenoxy) is 1. The van der Waals surface area contributed by atoms with E-state index in [1.807, 2.05) is 12.1 Å². The molecular formula is C19H25NO. The fraction of sp³-hybridized carbons (Fsp3) is 0.368. The van der Waals surface area contributed by atoms with Gasteiger partial charge in [-0.25, -0.2) is 0 Å². The van der Waals surface area contributed by atoms with Crippen molar-refractivity contribution in [1.29, 1.82) is 0 Å². The van der Waals surface area contributed by atoms with Crippen LogP contribution in [0, 0.1) is 0 Å². The van der Waals surface area contributed by atoms with Crippen LogP contribution >= 0.6 is 0 Å². The maximum Gasteiger partial charge on any atom is 0.118 e. The van der Waals surface area contributed by atoms with Crippen LogP contribution in [0.2, 0.25) is 0 Å². The summed E-state index contributed by atoms with van der Waals surface area (Å²) in [5.41, 5.74) is 2.71. The van der Waals surface area contributed by atoms with E-state index in [1.165, 1.54) is 11.1 Å². The minimum absolute atomic E-state index is 0.360. The number of nitrogens with one attached hydrogen (secondary N) is 1. The highest BCUT2D eigenvalue weighted by Crippen LogP contribution is 2.20. The Balaban J connectivity index is 1.79. The van der Waals surface area contributed by atoms with Gasteiger partial charge in [-0.15, -0.1) is 0 Å². The van der Waals surface area contributed by atoms with Crippen LogP contribution in [0.4, 0.5) is 0 Å². The van der Waals surface area contributed by atoms with Crippen molar-refractivity contribution in [2.45, 2.75) is 32.2 Å². The van der Waals surface area contributed by atoms with Gasteiger partial charge >= 0.3 is 0 Å². The molecule has 2 atom stereocenters. The molecule has 0 aliphatic carbocycles. The SMILES string of the molecule is COc1ccc(C(C)NCCC(C)c2ccccc2)cc1. The van der Waals surface area contributed by atoms with Gasteiger partial charge in [0.1, 0.15) is 5.75 Å². The molecule has 0 aromatic heterocycles. The third kappa shape index (κ3) is 4.61. The molecule has 0 fully saturated rings. The smallest absolute Gasteiger partial charge is 0.118 e. The lowest BCUT2D eigenvalue weighted by molar-refractivity contribution is 0.414. The summed E-state index contributed by atoms with van der Waals surface area (Å²) in [6.45, 7) is 5.51. The molecule has 0 radical (unpaired) electrons. The number of hydrogen-bond acceptors (Lipinski definition) is 2. The van der Waals surface area contributed by atoms with Gasteiger partial charge in [-0.05, 0) is 49.1 Å². The molecule has 2 aromatic rings. The molecule has 2 heteroatoms. The average Bonchev–Trinajstić information content (AvgIpc) is 2.55. The summed E-state index contributed by atoms with van der Waals surface area (Å²) in [4.78, 5) is 0. The minimum atomic E-state index is 0.360. The predicted octanol–water partition coefficient (Wildman–Crippen LogP) is 4.54. The standard InChI is InChI=1S/C19H25NO/c1-15(17-7-5-4-6-8-17)13-14-20-16(2)18-9-11-19(21-3)12-10-18/h4-12,15-16,20H,13-14H2,1-3H3. The van der Waals surface area contributed by atoms with Crippen LogP contribution in [0.15, 0.2) is 54.6 Å². The van der Waals surface area contributed by atoms with Gasteiger partial charge in [0.25, 0.3) is 0 Å². The first-order valence-electron chi connectivity index (χ1n) is 7.63. The van der Waals surface area contributed by atoms with Crippen molar-refractivity contribution in [2.75, 3.05) is 13.7 Å². The summed E-state index contributed by atoms with van der Waals surface area (Å²) in [5.74, 6) is 1.49. The average molecular weight is 283 g/mol. The molecule has 0 aliphatic rings. The van der Waals surface area contributed by atoms with E-state index in [2.05, 4.69) is 61.6 Å². The number of hydrogen-bond donors (Lipinski definition) is 1. The Kier molecular flexibility index (Phi) is 5.82. The van der Waals surface area contributed by atoms with Crippen LogP contribution in [0.3, 0.4) is 0 Å². The lowest BCUT2D eigenvalue weighted by atomic mass is 9.97. The molecular weight excluding hydrogens is 258 g/mol. The maximum atomic E-state index is 5.19. The van der Waals surface area contributed by atoms with Gasteiger partial charge < -0.3 is 10.1 Å². The van der Waals surface area contributed by atoms with Crippen molar-refractivity contribution in [3.63, 3.8) is 0 Å². The molecule has 2 unspecified atom stereocenters. The monoisotopic (exact) mass is 283 g/mol. The molecule has 0 amide bonds. The molecule has 0 saturated carbocycles. The van der Waals surface area contributed by atoms with Gasteiger partial charge in [0.15, 0.2) is 0 Å². The molecule has 0 spiro atoms. The molecule has 21 heavy (non-hydrogen) atoms. The number of methoxy groups -OCH3 is 1. The molecule has 112 valence electrons. The van der Waals surface area contributed by atoms with E-state index in [9.17, 15) is 0 Å². The van der Waals surface area contributed by atoms with Crippen molar-refractivity contribution >= 4 is 0 Å². The highest BCUT2D eigenvalue weighted by molar-refractivity contribution is 5.28. The quantitative estimate of drug-likeness (QED) is 0.805. The lowest BCUT2D eigenvalue weighted by Crippen LogP contribution is -2.21. The first-order valence-corrected chi connectivity index (χ1v) is 7.63. The second kappa shape index (κ2) is 7.84.